The van der Waals surface area contributed by atoms with Crippen molar-refractivity contribution in [3.05, 3.63) is 33.9 Å². The lowest BCUT2D eigenvalue weighted by Crippen LogP contribution is -2.36. The molecular formula is C14H18N2O7S. The van der Waals surface area contributed by atoms with E-state index in [0.29, 0.717) is 13.0 Å². The van der Waals surface area contributed by atoms with Crippen LogP contribution >= 0.6 is 0 Å². The molecule has 0 heterocycles. The number of nitro benzene ring substituents is 1. The van der Waals surface area contributed by atoms with Crippen LogP contribution in [0.5, 0.6) is 0 Å². The molecule has 0 fully saturated rings. The second kappa shape index (κ2) is 7.86. The third kappa shape index (κ3) is 5.01. The molecule has 1 atom stereocenters. The molecule has 0 radical (unpaired) electrons. The van der Waals surface area contributed by atoms with Crippen LogP contribution in [0.3, 0.4) is 0 Å². The summed E-state index contributed by atoms with van der Waals surface area (Å²) in [5, 5.41) is 13.6. The third-order valence-corrected chi connectivity index (χ3v) is 4.14. The van der Waals surface area contributed by atoms with Gasteiger partial charge in [-0.05, 0) is 25.5 Å². The zero-order valence-corrected chi connectivity index (χ0v) is 14.3. The Labute approximate surface area is 139 Å². The highest BCUT2D eigenvalue weighted by Gasteiger charge is 2.25. The Kier molecular flexibility index (Phi) is 6.41. The molecule has 0 unspecified atom stereocenters. The van der Waals surface area contributed by atoms with E-state index in [9.17, 15) is 28.1 Å². The molecule has 0 spiro atoms. The number of nitrogens with one attached hydrogen (secondary N) is 1. The summed E-state index contributed by atoms with van der Waals surface area (Å²) >= 11 is 0. The topological polar surface area (TPSA) is 133 Å². The number of rotatable bonds is 7. The highest BCUT2D eigenvalue weighted by molar-refractivity contribution is 7.90. The van der Waals surface area contributed by atoms with Gasteiger partial charge in [-0.25, -0.2) is 13.2 Å². The fourth-order valence-corrected chi connectivity index (χ4v) is 2.60. The number of esters is 1. The Morgan fingerprint density at radius 1 is 1.38 bits per heavy atom. The van der Waals surface area contributed by atoms with E-state index in [1.807, 2.05) is 6.92 Å². The molecule has 0 aliphatic carbocycles. The summed E-state index contributed by atoms with van der Waals surface area (Å²) in [7, 11) is -3.83. The Bertz CT molecular complexity index is 758. The van der Waals surface area contributed by atoms with Gasteiger partial charge in [-0.3, -0.25) is 14.9 Å². The number of nitrogens with zero attached hydrogens (tertiary/aromatic N) is 1. The first-order valence-corrected chi connectivity index (χ1v) is 8.94. The maximum absolute atomic E-state index is 12.0. The maximum Gasteiger partial charge on any atom is 0.339 e. The van der Waals surface area contributed by atoms with Gasteiger partial charge in [-0.2, -0.15) is 0 Å². The quantitative estimate of drug-likeness (QED) is 0.438. The predicted molar refractivity (Wildman–Crippen MR) is 84.4 cm³/mol. The first kappa shape index (κ1) is 19.6. The number of sulfone groups is 1. The van der Waals surface area contributed by atoms with Crippen LogP contribution in [-0.4, -0.2) is 44.1 Å². The Hall–Kier alpha value is -2.49. The summed E-state index contributed by atoms with van der Waals surface area (Å²) in [5.74, 6) is -1.45. The van der Waals surface area contributed by atoms with E-state index < -0.39 is 43.3 Å². The predicted octanol–water partition coefficient (Wildman–Crippen LogP) is 1.07. The molecular weight excluding hydrogens is 340 g/mol. The van der Waals surface area contributed by atoms with E-state index in [1.54, 1.807) is 0 Å². The number of carbonyl (C=O) groups is 2. The molecule has 1 aromatic carbocycles. The van der Waals surface area contributed by atoms with Crippen molar-refractivity contribution >= 4 is 27.4 Å². The molecule has 24 heavy (non-hydrogen) atoms. The van der Waals surface area contributed by atoms with Gasteiger partial charge in [0.1, 0.15) is 4.90 Å². The number of ether oxygens (including phenoxy) is 1. The van der Waals surface area contributed by atoms with E-state index in [2.05, 4.69) is 5.32 Å². The first-order chi connectivity index (χ1) is 11.1. The zero-order valence-electron chi connectivity index (χ0n) is 13.4. The number of benzene rings is 1. The molecule has 132 valence electrons. The van der Waals surface area contributed by atoms with Gasteiger partial charge in [0, 0.05) is 18.9 Å². The SMILES string of the molecule is CCCNC(=O)[C@H](C)OC(=O)c1ccc(S(C)(=O)=O)c([N+](=O)[O-])c1. The van der Waals surface area contributed by atoms with Crippen LogP contribution < -0.4 is 5.32 Å². The van der Waals surface area contributed by atoms with Crippen LogP contribution in [-0.2, 0) is 19.4 Å². The summed E-state index contributed by atoms with van der Waals surface area (Å²) < 4.78 is 28.0. The number of carbonyl (C=O) groups excluding carboxylic acids is 2. The van der Waals surface area contributed by atoms with E-state index in [-0.39, 0.29) is 5.56 Å². The molecule has 0 aliphatic rings. The highest BCUT2D eigenvalue weighted by Crippen LogP contribution is 2.25. The van der Waals surface area contributed by atoms with Crippen molar-refractivity contribution in [3.8, 4) is 0 Å². The van der Waals surface area contributed by atoms with Crippen LogP contribution in [0.4, 0.5) is 5.69 Å². The summed E-state index contributed by atoms with van der Waals surface area (Å²) in [5.41, 5.74) is -0.945. The minimum Gasteiger partial charge on any atom is -0.449 e. The normalized spacial score (nSPS) is 12.3. The Balaban J connectivity index is 3.02. The van der Waals surface area contributed by atoms with Gasteiger partial charge in [0.15, 0.2) is 15.9 Å². The van der Waals surface area contributed by atoms with Crippen molar-refractivity contribution in [2.45, 2.75) is 31.3 Å². The van der Waals surface area contributed by atoms with E-state index in [1.165, 1.54) is 6.92 Å². The van der Waals surface area contributed by atoms with Crippen LogP contribution in [0.15, 0.2) is 23.1 Å². The second-order valence-corrected chi connectivity index (χ2v) is 7.03. The number of amides is 1. The Morgan fingerprint density at radius 2 is 2.00 bits per heavy atom. The standard InChI is InChI=1S/C14H18N2O7S/c1-4-7-15-13(17)9(2)23-14(18)10-5-6-12(24(3,21)22)11(8-10)16(19)20/h5-6,8-9H,4,7H2,1-3H3,(H,15,17)/t9-/m0/s1. The fraction of sp³-hybridized carbons (Fsp3) is 0.429. The summed E-state index contributed by atoms with van der Waals surface area (Å²) in [6.45, 7) is 3.65. The molecule has 0 aliphatic heterocycles. The molecule has 1 amide bonds. The fourth-order valence-electron chi connectivity index (χ4n) is 1.77. The molecule has 0 bridgehead atoms. The van der Waals surface area contributed by atoms with Gasteiger partial charge >= 0.3 is 5.97 Å². The van der Waals surface area contributed by atoms with Gasteiger partial charge in [0.2, 0.25) is 0 Å². The number of nitro groups is 1. The minimum absolute atomic E-state index is 0.218. The van der Waals surface area contributed by atoms with Gasteiger partial charge < -0.3 is 10.1 Å². The van der Waals surface area contributed by atoms with Crippen LogP contribution in [0.2, 0.25) is 0 Å². The van der Waals surface area contributed by atoms with E-state index in [0.717, 1.165) is 24.5 Å². The van der Waals surface area contributed by atoms with Crippen molar-refractivity contribution < 1.29 is 27.7 Å². The summed E-state index contributed by atoms with van der Waals surface area (Å²) in [6, 6.07) is 2.88. The van der Waals surface area contributed by atoms with Gasteiger partial charge in [0.25, 0.3) is 11.6 Å². The van der Waals surface area contributed by atoms with E-state index >= 15 is 0 Å². The molecule has 1 aromatic rings. The largest absolute Gasteiger partial charge is 0.449 e. The molecule has 0 aromatic heterocycles. The van der Waals surface area contributed by atoms with Crippen LogP contribution in [0.1, 0.15) is 30.6 Å². The van der Waals surface area contributed by atoms with Crippen molar-refractivity contribution in [3.63, 3.8) is 0 Å². The molecule has 9 nitrogen and oxygen atoms in total. The third-order valence-electron chi connectivity index (χ3n) is 2.99. The average Bonchev–Trinajstić information content (AvgIpc) is 2.50. The molecule has 10 heteroatoms. The maximum atomic E-state index is 12.0. The second-order valence-electron chi connectivity index (χ2n) is 5.05. The lowest BCUT2D eigenvalue weighted by Gasteiger charge is -2.13. The smallest absolute Gasteiger partial charge is 0.339 e. The van der Waals surface area contributed by atoms with Crippen molar-refractivity contribution in [1.29, 1.82) is 0 Å². The van der Waals surface area contributed by atoms with Gasteiger partial charge in [0.05, 0.1) is 10.5 Å². The van der Waals surface area contributed by atoms with Gasteiger partial charge in [-0.1, -0.05) is 6.92 Å². The molecule has 0 saturated carbocycles. The highest BCUT2D eigenvalue weighted by atomic mass is 32.2. The average molecular weight is 358 g/mol. The first-order valence-electron chi connectivity index (χ1n) is 7.05. The van der Waals surface area contributed by atoms with Crippen molar-refractivity contribution in [2.75, 3.05) is 12.8 Å². The van der Waals surface area contributed by atoms with Gasteiger partial charge in [-0.15, -0.1) is 0 Å². The van der Waals surface area contributed by atoms with E-state index in [4.69, 9.17) is 4.74 Å². The zero-order chi connectivity index (χ0) is 18.5. The molecule has 1 rings (SSSR count). The number of hydrogen-bond donors (Lipinski definition) is 1. The number of hydrogen-bond acceptors (Lipinski definition) is 7. The Morgan fingerprint density at radius 3 is 2.50 bits per heavy atom. The molecule has 0 saturated heterocycles. The van der Waals surface area contributed by atoms with Crippen LogP contribution in [0, 0.1) is 10.1 Å². The lowest BCUT2D eigenvalue weighted by molar-refractivity contribution is -0.387. The van der Waals surface area contributed by atoms with Crippen molar-refractivity contribution in [1.82, 2.24) is 5.32 Å². The minimum atomic E-state index is -3.83. The summed E-state index contributed by atoms with van der Waals surface area (Å²) in [6.07, 6.45) is 0.455. The lowest BCUT2D eigenvalue weighted by atomic mass is 10.2. The summed E-state index contributed by atoms with van der Waals surface area (Å²) in [4.78, 5) is 33.3. The monoisotopic (exact) mass is 358 g/mol. The molecule has 1 N–H and O–H groups in total. The van der Waals surface area contributed by atoms with Crippen molar-refractivity contribution in [2.24, 2.45) is 0 Å². The van der Waals surface area contributed by atoms with Crippen LogP contribution in [0.25, 0.3) is 0 Å².